The van der Waals surface area contributed by atoms with Crippen LogP contribution < -0.4 is 10.6 Å². The van der Waals surface area contributed by atoms with Crippen molar-refractivity contribution in [1.82, 2.24) is 0 Å². The van der Waals surface area contributed by atoms with Crippen molar-refractivity contribution in [3.63, 3.8) is 0 Å². The Balaban J connectivity index is 2.09. The Bertz CT molecular complexity index is 409. The minimum absolute atomic E-state index is 0.137. The van der Waals surface area contributed by atoms with E-state index in [9.17, 15) is 0 Å². The molecule has 3 nitrogen and oxygen atoms in total. The number of ether oxygens (including phenoxy) is 1. The van der Waals surface area contributed by atoms with E-state index in [-0.39, 0.29) is 6.04 Å². The maximum absolute atomic E-state index is 6.31. The van der Waals surface area contributed by atoms with Gasteiger partial charge in [-0.2, -0.15) is 0 Å². The lowest BCUT2D eigenvalue weighted by molar-refractivity contribution is 0.121. The normalized spacial score (nSPS) is 21.3. The van der Waals surface area contributed by atoms with E-state index in [0.29, 0.717) is 6.10 Å². The van der Waals surface area contributed by atoms with E-state index in [4.69, 9.17) is 22.1 Å². The van der Waals surface area contributed by atoms with E-state index in [0.717, 1.165) is 36.5 Å². The van der Waals surface area contributed by atoms with E-state index >= 15 is 0 Å². The molecule has 100 valence electrons. The predicted octanol–water partition coefficient (Wildman–Crippen LogP) is 2.45. The molecule has 2 atom stereocenters. The van der Waals surface area contributed by atoms with Crippen LogP contribution in [-0.2, 0) is 11.2 Å². The van der Waals surface area contributed by atoms with Gasteiger partial charge in [0.1, 0.15) is 0 Å². The van der Waals surface area contributed by atoms with Gasteiger partial charge in [-0.25, -0.2) is 0 Å². The Labute approximate surface area is 114 Å². The second-order valence-electron chi connectivity index (χ2n) is 5.05. The molecule has 1 saturated heterocycles. The summed E-state index contributed by atoms with van der Waals surface area (Å²) in [7, 11) is 1.77. The van der Waals surface area contributed by atoms with Crippen molar-refractivity contribution < 1.29 is 4.74 Å². The molecular formula is C14H21ClN2O. The van der Waals surface area contributed by atoms with Gasteiger partial charge < -0.3 is 15.4 Å². The van der Waals surface area contributed by atoms with Crippen molar-refractivity contribution in [2.24, 2.45) is 5.73 Å². The Hall–Kier alpha value is -0.770. The first-order valence-corrected chi connectivity index (χ1v) is 6.79. The van der Waals surface area contributed by atoms with Gasteiger partial charge in [0.25, 0.3) is 0 Å². The van der Waals surface area contributed by atoms with Crippen LogP contribution in [-0.4, -0.2) is 32.3 Å². The van der Waals surface area contributed by atoms with Crippen LogP contribution in [0.25, 0.3) is 0 Å². The number of nitrogens with two attached hydrogens (primary N) is 1. The zero-order valence-electron chi connectivity index (χ0n) is 11.0. The summed E-state index contributed by atoms with van der Waals surface area (Å²) < 4.78 is 5.38. The third kappa shape index (κ3) is 3.16. The van der Waals surface area contributed by atoms with Crippen LogP contribution in [0.15, 0.2) is 18.2 Å². The smallest absolute Gasteiger partial charge is 0.0762 e. The van der Waals surface area contributed by atoms with Crippen molar-refractivity contribution in [3.05, 3.63) is 28.8 Å². The molecule has 1 aromatic rings. The van der Waals surface area contributed by atoms with Gasteiger partial charge in [-0.05, 0) is 37.5 Å². The number of benzene rings is 1. The number of halogens is 1. The van der Waals surface area contributed by atoms with Crippen LogP contribution in [0.2, 0.25) is 5.02 Å². The van der Waals surface area contributed by atoms with Crippen LogP contribution in [0.1, 0.15) is 18.9 Å². The van der Waals surface area contributed by atoms with Gasteiger partial charge in [0.15, 0.2) is 0 Å². The largest absolute Gasteiger partial charge is 0.380 e. The summed E-state index contributed by atoms with van der Waals surface area (Å²) in [6, 6.07) is 6.39. The molecule has 2 rings (SSSR count). The average Bonchev–Trinajstić information content (AvgIpc) is 2.80. The molecule has 4 heteroatoms. The first-order valence-electron chi connectivity index (χ1n) is 6.42. The van der Waals surface area contributed by atoms with Crippen LogP contribution in [0, 0.1) is 0 Å². The first-order chi connectivity index (χ1) is 8.60. The molecule has 2 unspecified atom stereocenters. The Morgan fingerprint density at radius 1 is 1.56 bits per heavy atom. The molecule has 0 radical (unpaired) electrons. The molecule has 0 bridgehead atoms. The average molecular weight is 269 g/mol. The number of rotatable bonds is 4. The maximum Gasteiger partial charge on any atom is 0.0762 e. The molecule has 0 amide bonds. The lowest BCUT2D eigenvalue weighted by atomic mass is 10.1. The van der Waals surface area contributed by atoms with Gasteiger partial charge >= 0.3 is 0 Å². The molecule has 0 spiro atoms. The SMILES string of the molecule is COC1CCN(c2ccc(CC(C)N)c(Cl)c2)C1. The van der Waals surface area contributed by atoms with E-state index in [1.54, 1.807) is 7.11 Å². The molecule has 1 heterocycles. The van der Waals surface area contributed by atoms with Gasteiger partial charge in [0.05, 0.1) is 6.10 Å². The molecule has 0 aliphatic carbocycles. The fourth-order valence-electron chi connectivity index (χ4n) is 2.40. The third-order valence-corrected chi connectivity index (χ3v) is 3.77. The highest BCUT2D eigenvalue weighted by atomic mass is 35.5. The number of methoxy groups -OCH3 is 1. The standard InChI is InChI=1S/C14H21ClN2O/c1-10(16)7-11-3-4-12(8-14(11)15)17-6-5-13(9-17)18-2/h3-4,8,10,13H,5-7,9,16H2,1-2H3. The Morgan fingerprint density at radius 2 is 2.33 bits per heavy atom. The van der Waals surface area contributed by atoms with Gasteiger partial charge in [0.2, 0.25) is 0 Å². The van der Waals surface area contributed by atoms with E-state index in [1.807, 2.05) is 13.0 Å². The van der Waals surface area contributed by atoms with Crippen molar-refractivity contribution in [1.29, 1.82) is 0 Å². The van der Waals surface area contributed by atoms with Gasteiger partial charge in [-0.15, -0.1) is 0 Å². The first kappa shape index (κ1) is 13.7. The second-order valence-corrected chi connectivity index (χ2v) is 5.46. The summed E-state index contributed by atoms with van der Waals surface area (Å²) >= 11 is 6.31. The van der Waals surface area contributed by atoms with E-state index in [2.05, 4.69) is 17.0 Å². The van der Waals surface area contributed by atoms with Crippen molar-refractivity contribution in [3.8, 4) is 0 Å². The molecule has 1 fully saturated rings. The van der Waals surface area contributed by atoms with Crippen molar-refractivity contribution in [2.75, 3.05) is 25.1 Å². The topological polar surface area (TPSA) is 38.5 Å². The molecule has 1 aliphatic rings. The number of nitrogens with zero attached hydrogens (tertiary/aromatic N) is 1. The number of hydrogen-bond donors (Lipinski definition) is 1. The van der Waals surface area contributed by atoms with E-state index in [1.165, 1.54) is 5.69 Å². The van der Waals surface area contributed by atoms with Crippen LogP contribution >= 0.6 is 11.6 Å². The van der Waals surface area contributed by atoms with Crippen molar-refractivity contribution in [2.45, 2.75) is 31.9 Å². The zero-order chi connectivity index (χ0) is 13.1. The highest BCUT2D eigenvalue weighted by molar-refractivity contribution is 6.31. The highest BCUT2D eigenvalue weighted by Crippen LogP contribution is 2.27. The second kappa shape index (κ2) is 5.91. The molecule has 1 aromatic carbocycles. The molecular weight excluding hydrogens is 248 g/mol. The Morgan fingerprint density at radius 3 is 2.89 bits per heavy atom. The zero-order valence-corrected chi connectivity index (χ0v) is 11.8. The number of hydrogen-bond acceptors (Lipinski definition) is 3. The van der Waals surface area contributed by atoms with Crippen LogP contribution in [0.4, 0.5) is 5.69 Å². The highest BCUT2D eigenvalue weighted by Gasteiger charge is 2.22. The molecule has 0 saturated carbocycles. The molecule has 1 aliphatic heterocycles. The maximum atomic E-state index is 6.31. The lowest BCUT2D eigenvalue weighted by Crippen LogP contribution is -2.22. The summed E-state index contributed by atoms with van der Waals surface area (Å²) in [6.45, 7) is 3.97. The quantitative estimate of drug-likeness (QED) is 0.912. The summed E-state index contributed by atoms with van der Waals surface area (Å²) in [5.41, 5.74) is 8.10. The fraction of sp³-hybridized carbons (Fsp3) is 0.571. The van der Waals surface area contributed by atoms with Crippen LogP contribution in [0.3, 0.4) is 0 Å². The predicted molar refractivity (Wildman–Crippen MR) is 76.4 cm³/mol. The molecule has 18 heavy (non-hydrogen) atoms. The van der Waals surface area contributed by atoms with Crippen molar-refractivity contribution >= 4 is 17.3 Å². The monoisotopic (exact) mass is 268 g/mol. The van der Waals surface area contributed by atoms with Gasteiger partial charge in [-0.1, -0.05) is 17.7 Å². The van der Waals surface area contributed by atoms with Crippen LogP contribution in [0.5, 0.6) is 0 Å². The van der Waals surface area contributed by atoms with E-state index < -0.39 is 0 Å². The summed E-state index contributed by atoms with van der Waals surface area (Å²) in [4.78, 5) is 2.32. The summed E-state index contributed by atoms with van der Waals surface area (Å²) in [5, 5.41) is 0.811. The Kier molecular flexibility index (Phi) is 4.49. The third-order valence-electron chi connectivity index (χ3n) is 3.42. The summed E-state index contributed by atoms with van der Waals surface area (Å²) in [5.74, 6) is 0. The fourth-order valence-corrected chi connectivity index (χ4v) is 2.65. The number of anilines is 1. The summed E-state index contributed by atoms with van der Waals surface area (Å²) in [6.07, 6.45) is 2.24. The molecule has 0 aromatic heterocycles. The minimum atomic E-state index is 0.137. The van der Waals surface area contributed by atoms with Gasteiger partial charge in [0, 0.05) is 37.0 Å². The lowest BCUT2D eigenvalue weighted by Gasteiger charge is -2.19. The van der Waals surface area contributed by atoms with Gasteiger partial charge in [-0.3, -0.25) is 0 Å². The molecule has 2 N–H and O–H groups in total. The minimum Gasteiger partial charge on any atom is -0.380 e.